The van der Waals surface area contributed by atoms with Crippen LogP contribution in [0, 0.1) is 6.92 Å². The van der Waals surface area contributed by atoms with Crippen molar-refractivity contribution in [2.45, 2.75) is 6.92 Å². The van der Waals surface area contributed by atoms with Crippen molar-refractivity contribution in [2.75, 3.05) is 0 Å². The summed E-state index contributed by atoms with van der Waals surface area (Å²) in [5.41, 5.74) is 3.48. The summed E-state index contributed by atoms with van der Waals surface area (Å²) in [7, 11) is 0. The van der Waals surface area contributed by atoms with Gasteiger partial charge in [0.15, 0.2) is 12.0 Å². The minimum absolute atomic E-state index is 0.729. The van der Waals surface area contributed by atoms with Crippen LogP contribution in [-0.4, -0.2) is 9.97 Å². The van der Waals surface area contributed by atoms with Crippen molar-refractivity contribution < 1.29 is 4.42 Å². The summed E-state index contributed by atoms with van der Waals surface area (Å²) in [6, 6.07) is 5.81. The summed E-state index contributed by atoms with van der Waals surface area (Å²) < 4.78 is 5.98. The first-order valence-electron chi connectivity index (χ1n) is 4.70. The SMILES string of the molecule is Cc1nc(-c2ccc3ncoc3c2)sc1Cl. The average molecular weight is 251 g/mol. The van der Waals surface area contributed by atoms with Crippen molar-refractivity contribution in [1.82, 2.24) is 9.97 Å². The molecule has 2 aromatic heterocycles. The summed E-state index contributed by atoms with van der Waals surface area (Å²) in [5, 5.41) is 0.904. The first kappa shape index (κ1) is 9.81. The lowest BCUT2D eigenvalue weighted by Gasteiger charge is -1.94. The topological polar surface area (TPSA) is 38.9 Å². The summed E-state index contributed by atoms with van der Waals surface area (Å²) in [6.07, 6.45) is 1.44. The van der Waals surface area contributed by atoms with Gasteiger partial charge in [-0.25, -0.2) is 9.97 Å². The van der Waals surface area contributed by atoms with Crippen LogP contribution in [-0.2, 0) is 0 Å². The highest BCUT2D eigenvalue weighted by atomic mass is 35.5. The number of aryl methyl sites for hydroxylation is 1. The largest absolute Gasteiger partial charge is 0.443 e. The van der Waals surface area contributed by atoms with E-state index < -0.39 is 0 Å². The van der Waals surface area contributed by atoms with Crippen molar-refractivity contribution in [2.24, 2.45) is 0 Å². The van der Waals surface area contributed by atoms with E-state index >= 15 is 0 Å². The van der Waals surface area contributed by atoms with Gasteiger partial charge in [0, 0.05) is 5.56 Å². The Balaban J connectivity index is 2.17. The first-order chi connectivity index (χ1) is 7.74. The Morgan fingerprint density at radius 3 is 3.00 bits per heavy atom. The molecule has 3 rings (SSSR count). The molecule has 0 saturated carbocycles. The fourth-order valence-corrected chi connectivity index (χ4v) is 2.54. The van der Waals surface area contributed by atoms with Gasteiger partial charge in [0.25, 0.3) is 0 Å². The van der Waals surface area contributed by atoms with Crippen LogP contribution in [0.15, 0.2) is 29.0 Å². The molecule has 0 atom stereocenters. The normalized spacial score (nSPS) is 11.1. The number of halogens is 1. The average Bonchev–Trinajstić information content (AvgIpc) is 2.85. The Hall–Kier alpha value is -1.39. The second kappa shape index (κ2) is 3.57. The number of nitrogens with zero attached hydrogens (tertiary/aromatic N) is 2. The maximum atomic E-state index is 6.00. The van der Waals surface area contributed by atoms with Gasteiger partial charge in [-0.15, -0.1) is 11.3 Å². The zero-order valence-electron chi connectivity index (χ0n) is 8.40. The summed E-state index contributed by atoms with van der Waals surface area (Å²) in [5.74, 6) is 0. The zero-order valence-corrected chi connectivity index (χ0v) is 9.97. The van der Waals surface area contributed by atoms with Crippen molar-refractivity contribution in [3.8, 4) is 10.6 Å². The van der Waals surface area contributed by atoms with E-state index in [0.717, 1.165) is 31.7 Å². The van der Waals surface area contributed by atoms with Crippen molar-refractivity contribution >= 4 is 34.0 Å². The summed E-state index contributed by atoms with van der Waals surface area (Å²) in [4.78, 5) is 8.46. The van der Waals surface area contributed by atoms with E-state index in [9.17, 15) is 0 Å². The van der Waals surface area contributed by atoms with Crippen LogP contribution >= 0.6 is 22.9 Å². The maximum Gasteiger partial charge on any atom is 0.181 e. The molecule has 3 aromatic rings. The minimum atomic E-state index is 0.729. The molecule has 2 heterocycles. The molecule has 0 aliphatic rings. The number of hydrogen-bond donors (Lipinski definition) is 0. The van der Waals surface area contributed by atoms with Crippen LogP contribution < -0.4 is 0 Å². The van der Waals surface area contributed by atoms with Crippen LogP contribution in [0.2, 0.25) is 4.34 Å². The second-order valence-electron chi connectivity index (χ2n) is 3.41. The van der Waals surface area contributed by atoms with Crippen LogP contribution in [0.1, 0.15) is 5.69 Å². The number of fused-ring (bicyclic) bond motifs is 1. The first-order valence-corrected chi connectivity index (χ1v) is 5.90. The van der Waals surface area contributed by atoms with Gasteiger partial charge in [-0.2, -0.15) is 0 Å². The highest BCUT2D eigenvalue weighted by molar-refractivity contribution is 7.19. The third kappa shape index (κ3) is 1.50. The zero-order chi connectivity index (χ0) is 11.1. The van der Waals surface area contributed by atoms with Crippen molar-refractivity contribution in [1.29, 1.82) is 0 Å². The van der Waals surface area contributed by atoms with Gasteiger partial charge in [-0.05, 0) is 25.1 Å². The Morgan fingerprint density at radius 2 is 2.25 bits per heavy atom. The Kier molecular flexibility index (Phi) is 2.19. The van der Waals surface area contributed by atoms with E-state index in [1.54, 1.807) is 0 Å². The molecule has 3 nitrogen and oxygen atoms in total. The van der Waals surface area contributed by atoms with E-state index in [4.69, 9.17) is 16.0 Å². The fraction of sp³-hybridized carbons (Fsp3) is 0.0909. The molecule has 0 aliphatic carbocycles. The van der Waals surface area contributed by atoms with E-state index in [-0.39, 0.29) is 0 Å². The minimum Gasteiger partial charge on any atom is -0.443 e. The van der Waals surface area contributed by atoms with Crippen LogP contribution in [0.25, 0.3) is 21.7 Å². The van der Waals surface area contributed by atoms with E-state index in [2.05, 4.69) is 9.97 Å². The molecule has 1 aromatic carbocycles. The molecule has 0 bridgehead atoms. The number of thiazole rings is 1. The van der Waals surface area contributed by atoms with Gasteiger partial charge < -0.3 is 4.42 Å². The molecule has 16 heavy (non-hydrogen) atoms. The second-order valence-corrected chi connectivity index (χ2v) is 5.01. The van der Waals surface area contributed by atoms with Gasteiger partial charge >= 0.3 is 0 Å². The number of rotatable bonds is 1. The molecule has 0 aliphatic heterocycles. The number of benzene rings is 1. The molecular formula is C11H7ClN2OS. The third-order valence-electron chi connectivity index (χ3n) is 2.32. The molecule has 0 fully saturated rings. The molecule has 0 N–H and O–H groups in total. The fourth-order valence-electron chi connectivity index (χ4n) is 1.49. The predicted molar refractivity (Wildman–Crippen MR) is 64.9 cm³/mol. The number of aromatic nitrogens is 2. The third-order valence-corrected chi connectivity index (χ3v) is 3.82. The molecule has 0 amide bonds. The highest BCUT2D eigenvalue weighted by Crippen LogP contribution is 2.32. The lowest BCUT2D eigenvalue weighted by molar-refractivity contribution is 0.602. The molecule has 0 unspecified atom stereocenters. The molecule has 80 valence electrons. The lowest BCUT2D eigenvalue weighted by atomic mass is 10.2. The van der Waals surface area contributed by atoms with Crippen molar-refractivity contribution in [3.63, 3.8) is 0 Å². The summed E-state index contributed by atoms with van der Waals surface area (Å²) in [6.45, 7) is 1.90. The molecule has 5 heteroatoms. The highest BCUT2D eigenvalue weighted by Gasteiger charge is 2.09. The van der Waals surface area contributed by atoms with Gasteiger partial charge in [-0.3, -0.25) is 0 Å². The van der Waals surface area contributed by atoms with Crippen molar-refractivity contribution in [3.05, 3.63) is 34.6 Å². The molecular weight excluding hydrogens is 244 g/mol. The van der Waals surface area contributed by atoms with E-state index in [1.165, 1.54) is 17.7 Å². The Bertz CT molecular complexity index is 639. The van der Waals surface area contributed by atoms with E-state index in [1.807, 2.05) is 25.1 Å². The smallest absolute Gasteiger partial charge is 0.181 e. The molecule has 0 radical (unpaired) electrons. The quantitative estimate of drug-likeness (QED) is 0.657. The molecule has 0 saturated heterocycles. The van der Waals surface area contributed by atoms with Gasteiger partial charge in [0.2, 0.25) is 0 Å². The standard InChI is InChI=1S/C11H7ClN2OS/c1-6-10(12)16-11(14-6)7-2-3-8-9(4-7)15-5-13-8/h2-5H,1H3. The predicted octanol–water partition coefficient (Wildman–Crippen LogP) is 3.91. The van der Waals surface area contributed by atoms with Crippen LogP contribution in [0.4, 0.5) is 0 Å². The van der Waals surface area contributed by atoms with Gasteiger partial charge in [-0.1, -0.05) is 11.6 Å². The van der Waals surface area contributed by atoms with E-state index in [0.29, 0.717) is 0 Å². The van der Waals surface area contributed by atoms with Crippen LogP contribution in [0.5, 0.6) is 0 Å². The monoisotopic (exact) mass is 250 g/mol. The van der Waals surface area contributed by atoms with Gasteiger partial charge in [0.05, 0.1) is 5.69 Å². The van der Waals surface area contributed by atoms with Crippen LogP contribution in [0.3, 0.4) is 0 Å². The Labute approximate surface area is 101 Å². The maximum absolute atomic E-state index is 6.00. The number of oxazole rings is 1. The summed E-state index contributed by atoms with van der Waals surface area (Å²) >= 11 is 7.47. The van der Waals surface area contributed by atoms with Gasteiger partial charge in [0.1, 0.15) is 14.9 Å². The lowest BCUT2D eigenvalue weighted by Crippen LogP contribution is -1.77. The number of hydrogen-bond acceptors (Lipinski definition) is 4. The molecule has 0 spiro atoms. The Morgan fingerprint density at radius 1 is 1.38 bits per heavy atom.